The number of fused-ring (bicyclic) bond motifs is 1. The topological polar surface area (TPSA) is 101 Å². The average Bonchev–Trinajstić information content (AvgIpc) is 2.54. The molecule has 0 bridgehead atoms. The summed E-state index contributed by atoms with van der Waals surface area (Å²) in [6.45, 7) is 5.23. The number of aryl methyl sites for hydroxylation is 1. The summed E-state index contributed by atoms with van der Waals surface area (Å²) in [5.41, 5.74) is 5.15. The Labute approximate surface area is 152 Å². The molecule has 0 aliphatic carbocycles. The van der Waals surface area contributed by atoms with Crippen LogP contribution in [0, 0.1) is 5.41 Å². The van der Waals surface area contributed by atoms with Crippen molar-refractivity contribution in [2.75, 3.05) is 20.1 Å². The quantitative estimate of drug-likeness (QED) is 0.792. The molecule has 0 fully saturated rings. The zero-order valence-electron chi connectivity index (χ0n) is 14.7. The summed E-state index contributed by atoms with van der Waals surface area (Å²) >= 11 is 0. The van der Waals surface area contributed by atoms with Gasteiger partial charge in [-0.05, 0) is 24.1 Å². The molecule has 0 aliphatic heterocycles. The summed E-state index contributed by atoms with van der Waals surface area (Å²) in [6, 6.07) is 6.86. The third kappa shape index (κ3) is 4.93. The molecule has 0 atom stereocenters. The van der Waals surface area contributed by atoms with E-state index in [9.17, 15) is 14.4 Å². The highest BCUT2D eigenvalue weighted by Gasteiger charge is 2.21. The molecule has 2 rings (SSSR count). The van der Waals surface area contributed by atoms with Crippen LogP contribution in [0.4, 0.5) is 0 Å². The van der Waals surface area contributed by atoms with Crippen LogP contribution in [0.25, 0.3) is 10.9 Å². The molecule has 2 aromatic rings. The summed E-state index contributed by atoms with van der Waals surface area (Å²) in [6.07, 6.45) is 0.174. The molecular formula is C17H25ClN4O3. The highest BCUT2D eigenvalue weighted by Crippen LogP contribution is 2.14. The number of nitrogens with two attached hydrogens (primary N) is 1. The maximum absolute atomic E-state index is 12.3. The lowest BCUT2D eigenvalue weighted by Gasteiger charge is -2.29. The van der Waals surface area contributed by atoms with Crippen molar-refractivity contribution >= 4 is 29.2 Å². The first-order valence-electron chi connectivity index (χ1n) is 7.91. The molecule has 0 spiro atoms. The number of halogens is 1. The number of carbonyl (C=O) groups excluding carboxylic acids is 1. The van der Waals surface area contributed by atoms with E-state index in [1.807, 2.05) is 13.8 Å². The van der Waals surface area contributed by atoms with Crippen molar-refractivity contribution in [2.45, 2.75) is 26.8 Å². The second-order valence-electron chi connectivity index (χ2n) is 6.80. The molecule has 3 N–H and O–H groups in total. The Kier molecular flexibility index (Phi) is 6.96. The smallest absolute Gasteiger partial charge is 0.328 e. The van der Waals surface area contributed by atoms with E-state index in [1.54, 1.807) is 36.2 Å². The van der Waals surface area contributed by atoms with E-state index in [-0.39, 0.29) is 36.7 Å². The van der Waals surface area contributed by atoms with Crippen molar-refractivity contribution < 1.29 is 4.79 Å². The van der Waals surface area contributed by atoms with Crippen molar-refractivity contribution in [1.82, 2.24) is 14.5 Å². The number of aromatic amines is 1. The van der Waals surface area contributed by atoms with Gasteiger partial charge < -0.3 is 10.6 Å². The predicted molar refractivity (Wildman–Crippen MR) is 101 cm³/mol. The number of benzene rings is 1. The summed E-state index contributed by atoms with van der Waals surface area (Å²) in [4.78, 5) is 40.2. The predicted octanol–water partition coefficient (Wildman–Crippen LogP) is 0.945. The number of rotatable bonds is 6. The van der Waals surface area contributed by atoms with Gasteiger partial charge in [0.2, 0.25) is 5.91 Å². The zero-order valence-corrected chi connectivity index (χ0v) is 15.6. The Morgan fingerprint density at radius 3 is 2.56 bits per heavy atom. The number of nitrogens with zero attached hydrogens (tertiary/aromatic N) is 2. The van der Waals surface area contributed by atoms with Crippen LogP contribution in [-0.2, 0) is 11.3 Å². The summed E-state index contributed by atoms with van der Waals surface area (Å²) < 4.78 is 1.43. The van der Waals surface area contributed by atoms with E-state index in [0.29, 0.717) is 24.0 Å². The van der Waals surface area contributed by atoms with Gasteiger partial charge in [0.25, 0.3) is 5.56 Å². The molecule has 0 radical (unpaired) electrons. The first-order valence-corrected chi connectivity index (χ1v) is 7.91. The van der Waals surface area contributed by atoms with Crippen LogP contribution in [-0.4, -0.2) is 40.5 Å². The molecule has 0 unspecified atom stereocenters. The minimum absolute atomic E-state index is 0. The van der Waals surface area contributed by atoms with Crippen LogP contribution in [0.2, 0.25) is 0 Å². The van der Waals surface area contributed by atoms with Gasteiger partial charge in [-0.25, -0.2) is 4.79 Å². The molecule has 1 heterocycles. The van der Waals surface area contributed by atoms with Crippen molar-refractivity contribution in [3.05, 3.63) is 45.1 Å². The Hall–Kier alpha value is -2.12. The fourth-order valence-corrected chi connectivity index (χ4v) is 2.66. The summed E-state index contributed by atoms with van der Waals surface area (Å²) in [5, 5.41) is 0.433. The van der Waals surface area contributed by atoms with Gasteiger partial charge in [0.05, 0.1) is 10.9 Å². The lowest BCUT2D eigenvalue weighted by molar-refractivity contribution is -0.131. The van der Waals surface area contributed by atoms with Gasteiger partial charge in [-0.15, -0.1) is 12.4 Å². The highest BCUT2D eigenvalue weighted by atomic mass is 35.5. The molecule has 0 saturated carbocycles. The lowest BCUT2D eigenvalue weighted by atomic mass is 9.93. The van der Waals surface area contributed by atoms with Gasteiger partial charge in [0.1, 0.15) is 0 Å². The normalized spacial score (nSPS) is 11.2. The molecule has 1 aromatic carbocycles. The second-order valence-corrected chi connectivity index (χ2v) is 6.80. The van der Waals surface area contributed by atoms with Gasteiger partial charge in [-0.1, -0.05) is 26.0 Å². The standard InChI is InChI=1S/C17H24N4O3.ClH/c1-17(2,10-18)11-20(3)14(22)8-9-21-13-7-5-4-6-12(13)15(23)19-16(21)24;/h4-7H,8-11,18H2,1-3H3,(H,19,23,24);1H. The van der Waals surface area contributed by atoms with Gasteiger partial charge in [0, 0.05) is 26.6 Å². The number of amides is 1. The molecule has 8 heteroatoms. The van der Waals surface area contributed by atoms with Gasteiger partial charge >= 0.3 is 5.69 Å². The minimum atomic E-state index is -0.503. The molecule has 1 amide bonds. The number of para-hydroxylation sites is 1. The van der Waals surface area contributed by atoms with Crippen molar-refractivity contribution in [3.63, 3.8) is 0 Å². The molecule has 0 aliphatic rings. The molecule has 0 saturated heterocycles. The minimum Gasteiger partial charge on any atom is -0.345 e. The van der Waals surface area contributed by atoms with Crippen LogP contribution in [0.1, 0.15) is 20.3 Å². The molecule has 138 valence electrons. The van der Waals surface area contributed by atoms with E-state index in [1.165, 1.54) is 4.57 Å². The van der Waals surface area contributed by atoms with Crippen LogP contribution in [0.3, 0.4) is 0 Å². The first kappa shape index (κ1) is 20.9. The van der Waals surface area contributed by atoms with Crippen LogP contribution < -0.4 is 17.0 Å². The highest BCUT2D eigenvalue weighted by molar-refractivity contribution is 5.85. The van der Waals surface area contributed by atoms with Crippen molar-refractivity contribution in [2.24, 2.45) is 11.1 Å². The number of H-pyrrole nitrogens is 1. The third-order valence-corrected chi connectivity index (χ3v) is 4.10. The summed E-state index contributed by atoms with van der Waals surface area (Å²) in [7, 11) is 1.73. The molecular weight excluding hydrogens is 344 g/mol. The monoisotopic (exact) mass is 368 g/mol. The summed E-state index contributed by atoms with van der Waals surface area (Å²) in [5.74, 6) is -0.0706. The number of nitrogens with one attached hydrogen (secondary N) is 1. The number of hydrogen-bond donors (Lipinski definition) is 2. The average molecular weight is 369 g/mol. The number of hydrogen-bond acceptors (Lipinski definition) is 4. The Morgan fingerprint density at radius 2 is 1.92 bits per heavy atom. The van der Waals surface area contributed by atoms with E-state index < -0.39 is 11.2 Å². The Balaban J connectivity index is 0.00000312. The fraction of sp³-hybridized carbons (Fsp3) is 0.471. The van der Waals surface area contributed by atoms with Crippen LogP contribution in [0.15, 0.2) is 33.9 Å². The Bertz CT molecular complexity index is 857. The maximum atomic E-state index is 12.3. The SMILES string of the molecule is CN(CC(C)(C)CN)C(=O)CCn1c(=O)[nH]c(=O)c2ccccc21.Cl. The van der Waals surface area contributed by atoms with E-state index in [4.69, 9.17) is 5.73 Å². The lowest BCUT2D eigenvalue weighted by Crippen LogP contribution is -2.40. The van der Waals surface area contributed by atoms with Gasteiger partial charge in [-0.3, -0.25) is 19.1 Å². The van der Waals surface area contributed by atoms with E-state index in [0.717, 1.165) is 0 Å². The molecule has 1 aromatic heterocycles. The molecule has 25 heavy (non-hydrogen) atoms. The Morgan fingerprint density at radius 1 is 1.28 bits per heavy atom. The van der Waals surface area contributed by atoms with E-state index in [2.05, 4.69) is 4.98 Å². The third-order valence-electron chi connectivity index (χ3n) is 4.10. The van der Waals surface area contributed by atoms with Crippen molar-refractivity contribution in [3.8, 4) is 0 Å². The van der Waals surface area contributed by atoms with Gasteiger partial charge in [-0.2, -0.15) is 0 Å². The van der Waals surface area contributed by atoms with E-state index >= 15 is 0 Å². The van der Waals surface area contributed by atoms with Gasteiger partial charge in [0.15, 0.2) is 0 Å². The maximum Gasteiger partial charge on any atom is 0.328 e. The largest absolute Gasteiger partial charge is 0.345 e. The second kappa shape index (κ2) is 8.31. The number of carbonyl (C=O) groups is 1. The van der Waals surface area contributed by atoms with Crippen LogP contribution in [0.5, 0.6) is 0 Å². The number of aromatic nitrogens is 2. The zero-order chi connectivity index (χ0) is 17.9. The fourth-order valence-electron chi connectivity index (χ4n) is 2.66. The first-order chi connectivity index (χ1) is 11.2. The van der Waals surface area contributed by atoms with Crippen molar-refractivity contribution in [1.29, 1.82) is 0 Å². The molecule has 7 nitrogen and oxygen atoms in total. The van der Waals surface area contributed by atoms with Crippen LogP contribution >= 0.6 is 12.4 Å².